The molecule has 0 unspecified atom stereocenters. The number of thiol groups is 1. The summed E-state index contributed by atoms with van der Waals surface area (Å²) in [6.07, 6.45) is 5.61. The van der Waals surface area contributed by atoms with Crippen LogP contribution in [-0.2, 0) is 6.42 Å². The molecule has 0 aliphatic carbocycles. The molecule has 0 radical (unpaired) electrons. The molecule has 0 atom stereocenters. The molecule has 0 N–H and O–H groups in total. The first-order valence-electron chi connectivity index (χ1n) is 4.40. The van der Waals surface area contributed by atoms with Crippen LogP contribution in [0.3, 0.4) is 0 Å². The van der Waals surface area contributed by atoms with Gasteiger partial charge in [0, 0.05) is 12.2 Å². The van der Waals surface area contributed by atoms with E-state index in [1.165, 1.54) is 17.7 Å². The van der Waals surface area contributed by atoms with E-state index in [9.17, 15) is 0 Å². The summed E-state index contributed by atoms with van der Waals surface area (Å²) in [5, 5.41) is 0. The van der Waals surface area contributed by atoms with Gasteiger partial charge in [0.05, 0.1) is 0 Å². The zero-order valence-corrected chi connectivity index (χ0v) is 9.74. The number of hydrogen-bond donors (Lipinski definition) is 1. The quantitative estimate of drug-likeness (QED) is 0.554. The van der Waals surface area contributed by atoms with Crippen LogP contribution in [0.2, 0.25) is 0 Å². The van der Waals surface area contributed by atoms with Gasteiger partial charge in [0.25, 0.3) is 0 Å². The molecule has 72 valence electrons. The average molecular weight is 213 g/mol. The van der Waals surface area contributed by atoms with E-state index in [0.717, 1.165) is 6.54 Å². The van der Waals surface area contributed by atoms with Crippen LogP contribution in [0.25, 0.3) is 0 Å². The van der Waals surface area contributed by atoms with Gasteiger partial charge in [0.15, 0.2) is 0 Å². The number of benzene rings is 1. The Kier molecular flexibility index (Phi) is 2.24. The number of hydrogen-bond acceptors (Lipinski definition) is 2. The van der Waals surface area contributed by atoms with Crippen molar-refractivity contribution in [2.75, 3.05) is 23.4 Å². The Balaban J connectivity index is 2.39. The summed E-state index contributed by atoms with van der Waals surface area (Å²) < 4.78 is 2.44. The maximum atomic E-state index is 4.68. The van der Waals surface area contributed by atoms with Crippen molar-refractivity contribution in [1.82, 2.24) is 0 Å². The highest BCUT2D eigenvalue weighted by atomic mass is 33.1. The van der Waals surface area contributed by atoms with E-state index in [-0.39, 0.29) is 0 Å². The fraction of sp³-hybridized carbons (Fsp3) is 0.400. The van der Waals surface area contributed by atoms with Crippen molar-refractivity contribution < 1.29 is 0 Å². The first-order valence-corrected chi connectivity index (χ1v) is 7.86. The minimum Gasteiger partial charge on any atom is -0.326 e. The van der Waals surface area contributed by atoms with Gasteiger partial charge in [-0.2, -0.15) is 0 Å². The third kappa shape index (κ3) is 1.67. The number of rotatable bonds is 1. The van der Waals surface area contributed by atoms with Crippen molar-refractivity contribution in [2.24, 2.45) is 0 Å². The summed E-state index contributed by atoms with van der Waals surface area (Å²) in [6.45, 7) is 1.13. The van der Waals surface area contributed by atoms with Crippen molar-refractivity contribution in [3.8, 4) is 0 Å². The van der Waals surface area contributed by atoms with E-state index in [2.05, 4.69) is 52.7 Å². The number of nitrogens with zero attached hydrogens (tertiary/aromatic N) is 1. The molecule has 13 heavy (non-hydrogen) atoms. The minimum atomic E-state index is -0.888. The Hall–Kier alpha value is -0.280. The zero-order valence-electron chi connectivity index (χ0n) is 8.03. The Morgan fingerprint density at radius 2 is 2.00 bits per heavy atom. The molecular weight excluding hydrogens is 198 g/mol. The van der Waals surface area contributed by atoms with Crippen LogP contribution in [0.4, 0.5) is 5.69 Å². The molecule has 0 saturated heterocycles. The summed E-state index contributed by atoms with van der Waals surface area (Å²) >= 11 is 4.68. The van der Waals surface area contributed by atoms with E-state index < -0.39 is 9.25 Å². The lowest BCUT2D eigenvalue weighted by molar-refractivity contribution is 1.05. The van der Waals surface area contributed by atoms with Crippen LogP contribution in [0.1, 0.15) is 5.56 Å². The van der Waals surface area contributed by atoms with Gasteiger partial charge in [-0.1, -0.05) is 18.2 Å². The lowest BCUT2D eigenvalue weighted by Crippen LogP contribution is -2.20. The predicted molar refractivity (Wildman–Crippen MR) is 65.9 cm³/mol. The lowest BCUT2D eigenvalue weighted by atomic mass is 10.2. The van der Waals surface area contributed by atoms with E-state index in [1.807, 2.05) is 0 Å². The molecule has 1 nitrogen and oxygen atoms in total. The van der Waals surface area contributed by atoms with Crippen LogP contribution in [0.15, 0.2) is 24.3 Å². The molecule has 0 aromatic heterocycles. The summed E-state index contributed by atoms with van der Waals surface area (Å²) in [6, 6.07) is 8.64. The smallest absolute Gasteiger partial charge is 0.0494 e. The highest BCUT2D eigenvalue weighted by Gasteiger charge is 2.25. The van der Waals surface area contributed by atoms with Gasteiger partial charge in [0.1, 0.15) is 0 Å². The second kappa shape index (κ2) is 3.14. The fourth-order valence-electron chi connectivity index (χ4n) is 1.77. The van der Waals surface area contributed by atoms with Gasteiger partial charge in [-0.15, -0.1) is 20.9 Å². The molecule has 0 spiro atoms. The Labute approximate surface area is 86.4 Å². The molecule has 1 heterocycles. The molecule has 2 rings (SSSR count). The molecule has 0 saturated carbocycles. The molecule has 1 aromatic rings. The number of para-hydroxylation sites is 1. The fourth-order valence-corrected chi connectivity index (χ4v) is 3.48. The summed E-state index contributed by atoms with van der Waals surface area (Å²) in [4.78, 5) is 0. The Morgan fingerprint density at radius 3 is 2.69 bits per heavy atom. The van der Waals surface area contributed by atoms with Crippen LogP contribution < -0.4 is 4.31 Å². The molecular formula is C10H15NS2. The lowest BCUT2D eigenvalue weighted by Gasteiger charge is -2.37. The minimum absolute atomic E-state index is 0.888. The van der Waals surface area contributed by atoms with Gasteiger partial charge in [-0.25, -0.2) is 0 Å². The average Bonchev–Trinajstić information content (AvgIpc) is 2.45. The first kappa shape index (κ1) is 9.28. The molecule has 3 heteroatoms. The molecule has 0 bridgehead atoms. The zero-order chi connectivity index (χ0) is 9.47. The molecule has 0 amide bonds. The third-order valence-corrected chi connectivity index (χ3v) is 4.43. The topological polar surface area (TPSA) is 3.24 Å². The SMILES string of the molecule is CS(C)(S)N1CCc2ccccc21. The molecule has 1 aromatic carbocycles. The van der Waals surface area contributed by atoms with E-state index in [1.54, 1.807) is 0 Å². The van der Waals surface area contributed by atoms with Gasteiger partial charge >= 0.3 is 0 Å². The van der Waals surface area contributed by atoms with Crippen molar-refractivity contribution in [3.63, 3.8) is 0 Å². The van der Waals surface area contributed by atoms with Crippen LogP contribution in [0, 0.1) is 0 Å². The largest absolute Gasteiger partial charge is 0.326 e. The number of anilines is 1. The second-order valence-electron chi connectivity index (χ2n) is 3.70. The molecule has 1 aliphatic heterocycles. The standard InChI is InChI=1S/C10H15NS2/c1-13(2,12)11-8-7-9-5-3-4-6-10(9)11/h3-6,12H,7-8H2,1-2H3. The van der Waals surface area contributed by atoms with E-state index in [0.29, 0.717) is 0 Å². The summed E-state index contributed by atoms with van der Waals surface area (Å²) in [7, 11) is -0.888. The monoisotopic (exact) mass is 213 g/mol. The van der Waals surface area contributed by atoms with Crippen molar-refractivity contribution in [3.05, 3.63) is 29.8 Å². The Morgan fingerprint density at radius 1 is 1.31 bits per heavy atom. The van der Waals surface area contributed by atoms with Crippen LogP contribution in [0.5, 0.6) is 0 Å². The summed E-state index contributed by atoms with van der Waals surface area (Å²) in [5.74, 6) is 0. The van der Waals surface area contributed by atoms with Crippen molar-refractivity contribution in [1.29, 1.82) is 0 Å². The number of fused-ring (bicyclic) bond motifs is 1. The van der Waals surface area contributed by atoms with Gasteiger partial charge < -0.3 is 4.31 Å². The normalized spacial score (nSPS) is 17.3. The maximum Gasteiger partial charge on any atom is 0.0494 e. The van der Waals surface area contributed by atoms with Gasteiger partial charge in [0.2, 0.25) is 0 Å². The van der Waals surface area contributed by atoms with Crippen LogP contribution in [-0.4, -0.2) is 19.1 Å². The maximum absolute atomic E-state index is 4.68. The van der Waals surface area contributed by atoms with E-state index in [4.69, 9.17) is 0 Å². The third-order valence-electron chi connectivity index (χ3n) is 2.38. The first-order chi connectivity index (χ1) is 6.09. The van der Waals surface area contributed by atoms with Crippen molar-refractivity contribution in [2.45, 2.75) is 6.42 Å². The van der Waals surface area contributed by atoms with Crippen molar-refractivity contribution >= 4 is 26.6 Å². The Bertz CT molecular complexity index is 317. The predicted octanol–water partition coefficient (Wildman–Crippen LogP) is 2.87. The highest BCUT2D eigenvalue weighted by molar-refractivity contribution is 8.87. The van der Waals surface area contributed by atoms with Crippen LogP contribution >= 0.6 is 20.9 Å². The van der Waals surface area contributed by atoms with Gasteiger partial charge in [-0.3, -0.25) is 0 Å². The molecule has 1 aliphatic rings. The molecule has 0 fully saturated rings. The summed E-state index contributed by atoms with van der Waals surface area (Å²) in [5.41, 5.74) is 2.86. The van der Waals surface area contributed by atoms with Gasteiger partial charge in [-0.05, 0) is 30.6 Å². The highest BCUT2D eigenvalue weighted by Crippen LogP contribution is 2.53. The second-order valence-corrected chi connectivity index (χ2v) is 9.26. The van der Waals surface area contributed by atoms with E-state index >= 15 is 0 Å².